The molecule has 2 N–H and O–H groups in total. The molecule has 5 rings (SSSR count). The number of nitrogens with one attached hydrogen (secondary N) is 2. The Kier molecular flexibility index (Phi) is 7.47. The molecule has 1 saturated heterocycles. The number of H-pyrrole nitrogens is 1. The zero-order valence-electron chi connectivity index (χ0n) is 21.8. The van der Waals surface area contributed by atoms with Crippen LogP contribution in [0.1, 0.15) is 48.6 Å². The van der Waals surface area contributed by atoms with E-state index in [1.807, 2.05) is 49.4 Å². The fraction of sp³-hybridized carbons (Fsp3) is 0.323. The highest BCUT2D eigenvalue weighted by Crippen LogP contribution is 2.32. The average molecular weight is 495 g/mol. The van der Waals surface area contributed by atoms with Crippen molar-refractivity contribution in [1.29, 1.82) is 0 Å². The summed E-state index contributed by atoms with van der Waals surface area (Å²) in [4.78, 5) is 26.0. The number of pyridine rings is 1. The summed E-state index contributed by atoms with van der Waals surface area (Å²) in [6, 6.07) is 22.4. The second kappa shape index (κ2) is 11.1. The van der Waals surface area contributed by atoms with Crippen LogP contribution in [0.5, 0.6) is 0 Å². The summed E-state index contributed by atoms with van der Waals surface area (Å²) in [6.45, 7) is 7.80. The third-order valence-electron chi connectivity index (χ3n) is 6.67. The number of imidazole rings is 1. The zero-order valence-corrected chi connectivity index (χ0v) is 21.8. The molecule has 1 fully saturated rings. The Balaban J connectivity index is 1.42. The van der Waals surface area contributed by atoms with Gasteiger partial charge in [0.1, 0.15) is 5.82 Å². The molecule has 0 aliphatic carbocycles. The molecule has 0 radical (unpaired) electrons. The monoisotopic (exact) mass is 494 g/mol. The van der Waals surface area contributed by atoms with E-state index in [0.29, 0.717) is 24.7 Å². The van der Waals surface area contributed by atoms with E-state index < -0.39 is 0 Å². The van der Waals surface area contributed by atoms with Gasteiger partial charge in [0.2, 0.25) is 0 Å². The molecule has 2 aromatic heterocycles. The maximum absolute atomic E-state index is 12.7. The molecular formula is C31H34N4O2. The minimum absolute atomic E-state index is 0.0308. The normalized spacial score (nSPS) is 14.2. The number of nitrogens with zero attached hydrogens (tertiary/aromatic N) is 2. The predicted molar refractivity (Wildman–Crippen MR) is 147 cm³/mol. The molecule has 6 heteroatoms. The number of aromatic amines is 1. The third-order valence-corrected chi connectivity index (χ3v) is 6.67. The van der Waals surface area contributed by atoms with Crippen molar-refractivity contribution in [3.63, 3.8) is 0 Å². The summed E-state index contributed by atoms with van der Waals surface area (Å²) in [6.07, 6.45) is 2.60. The largest absolute Gasteiger partial charge is 0.381 e. The molecule has 2 aromatic carbocycles. The standard InChI is InChI=1S/C31H34N4O2/c1-20(2)18-28-34-29(30(35-28)27-9-4-6-21(3)32-27)25-8-5-7-24(19-25)22-10-12-23(13-11-22)31(36)33-26-14-16-37-17-15-26/h4-13,19-20,26H,14-18H2,1-3H3,(H,33,36)(H,34,35). The van der Waals surface area contributed by atoms with Gasteiger partial charge in [0, 0.05) is 42.5 Å². The van der Waals surface area contributed by atoms with Gasteiger partial charge in [0.25, 0.3) is 5.91 Å². The van der Waals surface area contributed by atoms with Gasteiger partial charge in [-0.25, -0.2) is 4.98 Å². The Morgan fingerprint density at radius 1 is 0.973 bits per heavy atom. The molecule has 0 saturated carbocycles. The number of hydrogen-bond acceptors (Lipinski definition) is 4. The second-order valence-corrected chi connectivity index (χ2v) is 10.2. The van der Waals surface area contributed by atoms with Crippen LogP contribution >= 0.6 is 0 Å². The molecule has 3 heterocycles. The quantitative estimate of drug-likeness (QED) is 0.320. The first-order valence-electron chi connectivity index (χ1n) is 13.1. The Hall–Kier alpha value is -3.77. The lowest BCUT2D eigenvalue weighted by atomic mass is 9.99. The summed E-state index contributed by atoms with van der Waals surface area (Å²) in [5, 5.41) is 3.13. The highest BCUT2D eigenvalue weighted by molar-refractivity contribution is 5.95. The second-order valence-electron chi connectivity index (χ2n) is 10.2. The van der Waals surface area contributed by atoms with Gasteiger partial charge in [-0.3, -0.25) is 9.78 Å². The lowest BCUT2D eigenvalue weighted by Crippen LogP contribution is -2.38. The van der Waals surface area contributed by atoms with Crippen LogP contribution in [0, 0.1) is 12.8 Å². The maximum Gasteiger partial charge on any atom is 0.251 e. The topological polar surface area (TPSA) is 79.9 Å². The summed E-state index contributed by atoms with van der Waals surface area (Å²) in [5.74, 6) is 1.43. The fourth-order valence-corrected chi connectivity index (χ4v) is 4.75. The van der Waals surface area contributed by atoms with Gasteiger partial charge in [0.05, 0.1) is 17.1 Å². The molecule has 1 amide bonds. The lowest BCUT2D eigenvalue weighted by Gasteiger charge is -2.23. The smallest absolute Gasteiger partial charge is 0.251 e. The van der Waals surface area contributed by atoms with Crippen LogP contribution in [0.2, 0.25) is 0 Å². The number of ether oxygens (including phenoxy) is 1. The first-order valence-corrected chi connectivity index (χ1v) is 13.1. The van der Waals surface area contributed by atoms with Gasteiger partial charge >= 0.3 is 0 Å². The summed E-state index contributed by atoms with van der Waals surface area (Å²) in [7, 11) is 0. The summed E-state index contributed by atoms with van der Waals surface area (Å²) < 4.78 is 5.39. The number of carbonyl (C=O) groups excluding carboxylic acids is 1. The van der Waals surface area contributed by atoms with E-state index in [0.717, 1.165) is 64.6 Å². The van der Waals surface area contributed by atoms with Crippen LogP contribution in [0.15, 0.2) is 66.7 Å². The van der Waals surface area contributed by atoms with Crippen molar-refractivity contribution in [2.45, 2.75) is 46.1 Å². The molecule has 0 spiro atoms. The molecule has 1 aliphatic rings. The Morgan fingerprint density at radius 3 is 2.43 bits per heavy atom. The molecule has 1 aliphatic heterocycles. The van der Waals surface area contributed by atoms with Gasteiger partial charge in [-0.1, -0.05) is 50.2 Å². The fourth-order valence-electron chi connectivity index (χ4n) is 4.75. The minimum atomic E-state index is -0.0308. The molecule has 0 unspecified atom stereocenters. The summed E-state index contributed by atoms with van der Waals surface area (Å²) in [5.41, 5.74) is 7.54. The molecule has 37 heavy (non-hydrogen) atoms. The Bertz CT molecular complexity index is 1370. The molecule has 190 valence electrons. The maximum atomic E-state index is 12.7. The molecule has 0 bridgehead atoms. The van der Waals surface area contributed by atoms with Gasteiger partial charge in [-0.15, -0.1) is 0 Å². The third kappa shape index (κ3) is 5.97. The summed E-state index contributed by atoms with van der Waals surface area (Å²) >= 11 is 0. The van der Waals surface area contributed by atoms with Crippen LogP contribution in [-0.4, -0.2) is 40.1 Å². The zero-order chi connectivity index (χ0) is 25.8. The van der Waals surface area contributed by atoms with Crippen LogP contribution in [0.25, 0.3) is 33.8 Å². The van der Waals surface area contributed by atoms with Crippen LogP contribution in [0.3, 0.4) is 0 Å². The van der Waals surface area contributed by atoms with Crippen molar-refractivity contribution in [1.82, 2.24) is 20.3 Å². The lowest BCUT2D eigenvalue weighted by molar-refractivity contribution is 0.0696. The van der Waals surface area contributed by atoms with E-state index in [1.54, 1.807) is 0 Å². The number of rotatable bonds is 7. The van der Waals surface area contributed by atoms with Crippen molar-refractivity contribution < 1.29 is 9.53 Å². The number of aromatic nitrogens is 3. The van der Waals surface area contributed by atoms with Gasteiger partial charge in [-0.2, -0.15) is 0 Å². The average Bonchev–Trinajstić information content (AvgIpc) is 3.33. The minimum Gasteiger partial charge on any atom is -0.381 e. The van der Waals surface area contributed by atoms with Crippen molar-refractivity contribution in [2.75, 3.05) is 13.2 Å². The van der Waals surface area contributed by atoms with E-state index >= 15 is 0 Å². The van der Waals surface area contributed by atoms with Crippen molar-refractivity contribution in [2.24, 2.45) is 5.92 Å². The highest BCUT2D eigenvalue weighted by Gasteiger charge is 2.18. The van der Waals surface area contributed by atoms with Gasteiger partial charge < -0.3 is 15.0 Å². The van der Waals surface area contributed by atoms with Crippen LogP contribution < -0.4 is 5.32 Å². The van der Waals surface area contributed by atoms with E-state index in [1.165, 1.54) is 0 Å². The Labute approximate surface area is 218 Å². The van der Waals surface area contributed by atoms with Crippen LogP contribution in [-0.2, 0) is 11.2 Å². The number of amides is 1. The van der Waals surface area contributed by atoms with E-state index in [9.17, 15) is 4.79 Å². The van der Waals surface area contributed by atoms with E-state index in [4.69, 9.17) is 14.7 Å². The Morgan fingerprint density at radius 2 is 1.70 bits per heavy atom. The van der Waals surface area contributed by atoms with Crippen molar-refractivity contribution in [3.8, 4) is 33.8 Å². The predicted octanol–water partition coefficient (Wildman–Crippen LogP) is 6.22. The van der Waals surface area contributed by atoms with Crippen LogP contribution in [0.4, 0.5) is 0 Å². The van der Waals surface area contributed by atoms with Crippen molar-refractivity contribution >= 4 is 5.91 Å². The van der Waals surface area contributed by atoms with Gasteiger partial charge in [0.15, 0.2) is 0 Å². The first kappa shape index (κ1) is 24.9. The molecule has 0 atom stereocenters. The van der Waals surface area contributed by atoms with Crippen molar-refractivity contribution in [3.05, 3.63) is 83.8 Å². The number of benzene rings is 2. The molecule has 6 nitrogen and oxygen atoms in total. The highest BCUT2D eigenvalue weighted by atomic mass is 16.5. The number of aryl methyl sites for hydroxylation is 1. The SMILES string of the molecule is Cc1cccc(-c2[nH]c(CC(C)C)nc2-c2cccc(-c3ccc(C(=O)NC4CCOCC4)cc3)c2)n1. The number of carbonyl (C=O) groups is 1. The first-order chi connectivity index (χ1) is 18.0. The number of hydrogen-bond donors (Lipinski definition) is 2. The molecular weight excluding hydrogens is 460 g/mol. The van der Waals surface area contributed by atoms with E-state index in [-0.39, 0.29) is 11.9 Å². The molecule has 4 aromatic rings. The van der Waals surface area contributed by atoms with E-state index in [2.05, 4.69) is 48.4 Å². The van der Waals surface area contributed by atoms with Gasteiger partial charge in [-0.05, 0) is 67.1 Å².